The predicted octanol–water partition coefficient (Wildman–Crippen LogP) is 4.02. The molecule has 0 aliphatic rings. The van der Waals surface area contributed by atoms with Crippen LogP contribution in [0.15, 0.2) is 55.6 Å². The molecule has 0 fully saturated rings. The summed E-state index contributed by atoms with van der Waals surface area (Å²) in [7, 11) is 0. The average molecular weight is 288 g/mol. The highest BCUT2D eigenvalue weighted by molar-refractivity contribution is 5.89. The van der Waals surface area contributed by atoms with Gasteiger partial charge in [0.1, 0.15) is 12.2 Å². The van der Waals surface area contributed by atoms with E-state index >= 15 is 0 Å². The lowest BCUT2D eigenvalue weighted by atomic mass is 10.1. The van der Waals surface area contributed by atoms with Gasteiger partial charge in [0.2, 0.25) is 0 Å². The van der Waals surface area contributed by atoms with Gasteiger partial charge in [0.15, 0.2) is 0 Å². The van der Waals surface area contributed by atoms with Crippen molar-refractivity contribution in [2.75, 3.05) is 13.2 Å². The Morgan fingerprint density at radius 3 is 2.57 bits per heavy atom. The van der Waals surface area contributed by atoms with Crippen LogP contribution in [0.2, 0.25) is 0 Å². The van der Waals surface area contributed by atoms with Crippen molar-refractivity contribution in [2.24, 2.45) is 5.92 Å². The van der Waals surface area contributed by atoms with Gasteiger partial charge in [0.05, 0.1) is 12.2 Å². The van der Waals surface area contributed by atoms with Gasteiger partial charge >= 0.3 is 5.97 Å². The molecule has 0 amide bonds. The zero-order chi connectivity index (χ0) is 15.7. The molecule has 1 aromatic carbocycles. The molecule has 0 N–H and O–H groups in total. The van der Waals surface area contributed by atoms with Gasteiger partial charge in [-0.3, -0.25) is 0 Å². The molecule has 0 saturated heterocycles. The first-order valence-corrected chi connectivity index (χ1v) is 7.11. The van der Waals surface area contributed by atoms with Crippen LogP contribution in [0.25, 0.3) is 0 Å². The molecule has 0 spiro atoms. The highest BCUT2D eigenvalue weighted by Gasteiger charge is 2.24. The molecule has 0 heterocycles. The number of ether oxygens (including phenoxy) is 2. The van der Waals surface area contributed by atoms with Gasteiger partial charge in [-0.25, -0.2) is 4.79 Å². The Bertz CT molecular complexity index is 467. The normalized spacial score (nSPS) is 14.8. The summed E-state index contributed by atoms with van der Waals surface area (Å²) in [6.07, 6.45) is 4.43. The van der Waals surface area contributed by atoms with Crippen molar-refractivity contribution < 1.29 is 14.3 Å². The van der Waals surface area contributed by atoms with Crippen LogP contribution in [0.3, 0.4) is 0 Å². The highest BCUT2D eigenvalue weighted by Crippen LogP contribution is 2.16. The second-order valence-corrected chi connectivity index (χ2v) is 5.40. The van der Waals surface area contributed by atoms with E-state index in [0.29, 0.717) is 18.1 Å². The minimum atomic E-state index is -0.681. The van der Waals surface area contributed by atoms with Gasteiger partial charge in [-0.2, -0.15) is 0 Å². The molecule has 1 rings (SSSR count). The molecule has 1 unspecified atom stereocenters. The smallest absolute Gasteiger partial charge is 0.338 e. The Balaban J connectivity index is 2.51. The predicted molar refractivity (Wildman–Crippen MR) is 85.3 cm³/mol. The molecule has 0 aliphatic carbocycles. The van der Waals surface area contributed by atoms with Crippen LogP contribution in [0, 0.1) is 5.92 Å². The van der Waals surface area contributed by atoms with E-state index in [1.807, 2.05) is 19.1 Å². The molecule has 0 bridgehead atoms. The molecule has 0 aliphatic heterocycles. The maximum atomic E-state index is 11.9. The van der Waals surface area contributed by atoms with Crippen LogP contribution in [-0.4, -0.2) is 24.8 Å². The van der Waals surface area contributed by atoms with Crippen molar-refractivity contribution in [1.29, 1.82) is 0 Å². The lowest BCUT2D eigenvalue weighted by molar-refractivity contribution is -0.0535. The first-order chi connectivity index (χ1) is 10.0. The third-order valence-electron chi connectivity index (χ3n) is 3.20. The molecule has 3 heteroatoms. The maximum absolute atomic E-state index is 11.9. The lowest BCUT2D eigenvalue weighted by Crippen LogP contribution is -2.34. The minimum absolute atomic E-state index is 0.144. The standard InChI is InChI=1S/C18H24O3/c1-5-10-15(3)13-21-18(4,6-2)14-20-17(19)16-11-8-7-9-12-16/h5-9,11-12,15H,1-2,10,13-14H2,3-4H3/t15?,18-/m1/s1. The van der Waals surface area contributed by atoms with Crippen LogP contribution in [0.4, 0.5) is 0 Å². The van der Waals surface area contributed by atoms with E-state index in [0.717, 1.165) is 6.42 Å². The lowest BCUT2D eigenvalue weighted by Gasteiger charge is -2.27. The van der Waals surface area contributed by atoms with E-state index in [-0.39, 0.29) is 12.6 Å². The Kier molecular flexibility index (Phi) is 6.89. The van der Waals surface area contributed by atoms with Gasteiger partial charge in [-0.1, -0.05) is 37.3 Å². The average Bonchev–Trinajstić information content (AvgIpc) is 2.52. The summed E-state index contributed by atoms with van der Waals surface area (Å²) in [5.74, 6) is 0.0121. The van der Waals surface area contributed by atoms with Crippen LogP contribution >= 0.6 is 0 Å². The molecule has 1 aromatic rings. The molecule has 3 nitrogen and oxygen atoms in total. The Labute approximate surface area is 127 Å². The fourth-order valence-electron chi connectivity index (χ4n) is 1.71. The summed E-state index contributed by atoms with van der Waals surface area (Å²) < 4.78 is 11.2. The Morgan fingerprint density at radius 1 is 1.33 bits per heavy atom. The number of carbonyl (C=O) groups excluding carboxylic acids is 1. The van der Waals surface area contributed by atoms with E-state index in [1.165, 1.54) is 0 Å². The fraction of sp³-hybridized carbons (Fsp3) is 0.389. The number of rotatable bonds is 9. The number of esters is 1. The van der Waals surface area contributed by atoms with Crippen LogP contribution in [0.1, 0.15) is 30.6 Å². The second-order valence-electron chi connectivity index (χ2n) is 5.40. The summed E-state index contributed by atoms with van der Waals surface area (Å²) in [5.41, 5.74) is -0.149. The van der Waals surface area contributed by atoms with Crippen molar-refractivity contribution in [3.8, 4) is 0 Å². The van der Waals surface area contributed by atoms with E-state index in [4.69, 9.17) is 9.47 Å². The van der Waals surface area contributed by atoms with Crippen LogP contribution < -0.4 is 0 Å². The summed E-state index contributed by atoms with van der Waals surface area (Å²) >= 11 is 0. The molecular formula is C18H24O3. The second kappa shape index (κ2) is 8.42. The Morgan fingerprint density at radius 2 is 2.00 bits per heavy atom. The summed E-state index contributed by atoms with van der Waals surface area (Å²) in [6, 6.07) is 8.91. The number of carbonyl (C=O) groups is 1. The third kappa shape index (κ3) is 5.96. The molecule has 0 radical (unpaired) electrons. The topological polar surface area (TPSA) is 35.5 Å². The van der Waals surface area contributed by atoms with Crippen LogP contribution in [0.5, 0.6) is 0 Å². The SMILES string of the molecule is C=CCC(C)CO[C@](C)(C=C)COC(=O)c1ccccc1. The molecule has 114 valence electrons. The minimum Gasteiger partial charge on any atom is -0.459 e. The summed E-state index contributed by atoms with van der Waals surface area (Å²) in [4.78, 5) is 11.9. The number of hydrogen-bond donors (Lipinski definition) is 0. The summed E-state index contributed by atoms with van der Waals surface area (Å²) in [5, 5.41) is 0. The van der Waals surface area contributed by atoms with E-state index < -0.39 is 5.60 Å². The van der Waals surface area contributed by atoms with Gasteiger partial charge in [0, 0.05) is 0 Å². The largest absolute Gasteiger partial charge is 0.459 e. The van der Waals surface area contributed by atoms with Gasteiger partial charge < -0.3 is 9.47 Å². The fourth-order valence-corrected chi connectivity index (χ4v) is 1.71. The third-order valence-corrected chi connectivity index (χ3v) is 3.20. The quantitative estimate of drug-likeness (QED) is 0.508. The van der Waals surface area contributed by atoms with Gasteiger partial charge in [-0.15, -0.1) is 13.2 Å². The van der Waals surface area contributed by atoms with E-state index in [1.54, 1.807) is 30.3 Å². The molecule has 21 heavy (non-hydrogen) atoms. The molecule has 0 aromatic heterocycles. The number of benzene rings is 1. The van der Waals surface area contributed by atoms with Crippen molar-refractivity contribution in [3.63, 3.8) is 0 Å². The Hall–Kier alpha value is -1.87. The monoisotopic (exact) mass is 288 g/mol. The van der Waals surface area contributed by atoms with Gasteiger partial charge in [-0.05, 0) is 31.4 Å². The molecule has 0 saturated carbocycles. The highest BCUT2D eigenvalue weighted by atomic mass is 16.6. The van der Waals surface area contributed by atoms with Crippen molar-refractivity contribution in [1.82, 2.24) is 0 Å². The van der Waals surface area contributed by atoms with Crippen molar-refractivity contribution in [3.05, 3.63) is 61.2 Å². The van der Waals surface area contributed by atoms with E-state index in [2.05, 4.69) is 20.1 Å². The first-order valence-electron chi connectivity index (χ1n) is 7.11. The maximum Gasteiger partial charge on any atom is 0.338 e. The van der Waals surface area contributed by atoms with Gasteiger partial charge in [0.25, 0.3) is 0 Å². The van der Waals surface area contributed by atoms with Crippen LogP contribution in [-0.2, 0) is 9.47 Å². The van der Waals surface area contributed by atoms with E-state index in [9.17, 15) is 4.79 Å². The molecule has 2 atom stereocenters. The zero-order valence-corrected chi connectivity index (χ0v) is 12.9. The summed E-state index contributed by atoms with van der Waals surface area (Å²) in [6.45, 7) is 12.1. The molecular weight excluding hydrogens is 264 g/mol. The zero-order valence-electron chi connectivity index (χ0n) is 12.9. The first kappa shape index (κ1) is 17.2. The van der Waals surface area contributed by atoms with Crippen molar-refractivity contribution >= 4 is 5.97 Å². The number of hydrogen-bond acceptors (Lipinski definition) is 3. The number of allylic oxidation sites excluding steroid dienone is 1. The van der Waals surface area contributed by atoms with Crippen molar-refractivity contribution in [2.45, 2.75) is 25.9 Å².